The summed E-state index contributed by atoms with van der Waals surface area (Å²) in [5, 5.41) is 5.03. The number of methoxy groups -OCH3 is 2. The third kappa shape index (κ3) is 7.35. The Balaban J connectivity index is 1.47. The van der Waals surface area contributed by atoms with Gasteiger partial charge >= 0.3 is 12.1 Å². The molecule has 0 saturated carbocycles. The minimum atomic E-state index is -1.61. The zero-order valence-corrected chi connectivity index (χ0v) is 29.0. The molecule has 2 aliphatic rings. The molecule has 0 aromatic heterocycles. The van der Waals surface area contributed by atoms with Crippen molar-refractivity contribution in [3.05, 3.63) is 83.6 Å². The molecule has 11 heteroatoms. The van der Waals surface area contributed by atoms with Crippen molar-refractivity contribution in [2.45, 2.75) is 52.7 Å². The lowest BCUT2D eigenvalue weighted by Crippen LogP contribution is -2.54. The van der Waals surface area contributed by atoms with Gasteiger partial charge in [0.2, 0.25) is 11.8 Å². The first kappa shape index (κ1) is 35.3. The number of carbonyl (C=O) groups excluding carboxylic acids is 4. The van der Waals surface area contributed by atoms with E-state index in [1.807, 2.05) is 54.6 Å². The Bertz CT molecular complexity index is 1760. The van der Waals surface area contributed by atoms with Crippen LogP contribution < -0.4 is 14.8 Å². The van der Waals surface area contributed by atoms with Gasteiger partial charge in [0.25, 0.3) is 0 Å². The van der Waals surface area contributed by atoms with E-state index in [1.54, 1.807) is 59.0 Å². The second kappa shape index (κ2) is 14.6. The fourth-order valence-electron chi connectivity index (χ4n) is 6.69. The summed E-state index contributed by atoms with van der Waals surface area (Å²) in [6, 6.07) is 19.3. The molecule has 0 bridgehead atoms. The molecule has 1 saturated heterocycles. The Labute approximate surface area is 287 Å². The summed E-state index contributed by atoms with van der Waals surface area (Å²) in [6.45, 7) is 7.42. The average molecular weight is 672 g/mol. The summed E-state index contributed by atoms with van der Waals surface area (Å²) < 4.78 is 22.1. The van der Waals surface area contributed by atoms with Crippen LogP contribution in [0.3, 0.4) is 0 Å². The summed E-state index contributed by atoms with van der Waals surface area (Å²) in [6.07, 6.45) is 1.24. The van der Waals surface area contributed by atoms with Gasteiger partial charge in [0, 0.05) is 38.3 Å². The van der Waals surface area contributed by atoms with Crippen LogP contribution in [0.4, 0.5) is 4.79 Å². The highest BCUT2D eigenvalue weighted by Gasteiger charge is 2.64. The maximum absolute atomic E-state index is 14.4. The third-order valence-electron chi connectivity index (χ3n) is 8.96. The van der Waals surface area contributed by atoms with Gasteiger partial charge in [-0.3, -0.25) is 14.4 Å². The Hall–Kier alpha value is -5.06. The van der Waals surface area contributed by atoms with Gasteiger partial charge < -0.3 is 34.1 Å². The van der Waals surface area contributed by atoms with Crippen LogP contribution >= 0.6 is 0 Å². The fraction of sp³-hybridized carbons (Fsp3) is 0.421. The van der Waals surface area contributed by atoms with E-state index in [0.717, 1.165) is 21.9 Å². The zero-order valence-electron chi connectivity index (χ0n) is 29.0. The molecule has 0 unspecified atom stereocenters. The molecular weight excluding hydrogens is 626 g/mol. The Morgan fingerprint density at radius 1 is 0.980 bits per heavy atom. The highest BCUT2D eigenvalue weighted by atomic mass is 16.6. The molecule has 2 heterocycles. The van der Waals surface area contributed by atoms with E-state index in [4.69, 9.17) is 18.9 Å². The van der Waals surface area contributed by atoms with Crippen LogP contribution in [0.25, 0.3) is 10.8 Å². The number of benzene rings is 3. The Kier molecular flexibility index (Phi) is 10.5. The fourth-order valence-corrected chi connectivity index (χ4v) is 6.69. The minimum absolute atomic E-state index is 0.0557. The third-order valence-corrected chi connectivity index (χ3v) is 8.96. The molecule has 2 atom stereocenters. The number of nitrogens with zero attached hydrogens (tertiary/aromatic N) is 2. The molecule has 3 amide bonds. The molecule has 3 aromatic rings. The number of hydrogen-bond acceptors (Lipinski definition) is 8. The normalized spacial score (nSPS) is 18.9. The second-order valence-electron chi connectivity index (χ2n) is 13.2. The SMILES string of the molecule is CCOC(=O)[C@@]12CN(C(=O)OC(C)(C)C)CC=C1N(CCc1ccc(OC)c(OC)c1)C(=O)[C@H]2CC(=O)NCc1cccc2ccccc12. The van der Waals surface area contributed by atoms with Gasteiger partial charge in [-0.2, -0.15) is 0 Å². The standard InChI is InChI=1S/C38H45N3O8/c1-7-48-35(44)38-24-40(36(45)49-37(2,3)4)19-18-32(38)41(20-17-25-15-16-30(46-5)31(21-25)47-6)34(43)29(38)22-33(42)39-23-27-13-10-12-26-11-8-9-14-28(26)27/h8-16,18,21,29H,7,17,19-20,22-24H2,1-6H3,(H,39,42)/t29-,38-/m1/s1. The van der Waals surface area contributed by atoms with E-state index in [1.165, 1.54) is 4.90 Å². The van der Waals surface area contributed by atoms with Crippen molar-refractivity contribution in [3.8, 4) is 11.5 Å². The number of rotatable bonds is 11. The van der Waals surface area contributed by atoms with Crippen molar-refractivity contribution in [3.63, 3.8) is 0 Å². The van der Waals surface area contributed by atoms with E-state index in [2.05, 4.69) is 5.32 Å². The number of amides is 3. The topological polar surface area (TPSA) is 124 Å². The number of carbonyl (C=O) groups is 4. The van der Waals surface area contributed by atoms with E-state index in [9.17, 15) is 19.2 Å². The van der Waals surface area contributed by atoms with Gasteiger partial charge in [-0.15, -0.1) is 0 Å². The van der Waals surface area contributed by atoms with E-state index in [0.29, 0.717) is 23.6 Å². The summed E-state index contributed by atoms with van der Waals surface area (Å²) in [7, 11) is 3.11. The van der Waals surface area contributed by atoms with Gasteiger partial charge in [0.15, 0.2) is 11.5 Å². The molecule has 260 valence electrons. The van der Waals surface area contributed by atoms with Crippen molar-refractivity contribution < 1.29 is 38.1 Å². The lowest BCUT2D eigenvalue weighted by Gasteiger charge is -2.40. The van der Waals surface area contributed by atoms with Crippen molar-refractivity contribution in [1.29, 1.82) is 0 Å². The maximum atomic E-state index is 14.4. The molecule has 1 N–H and O–H groups in total. The monoisotopic (exact) mass is 671 g/mol. The zero-order chi connectivity index (χ0) is 35.3. The first-order valence-electron chi connectivity index (χ1n) is 16.5. The highest BCUT2D eigenvalue weighted by molar-refractivity contribution is 5.99. The van der Waals surface area contributed by atoms with Crippen LogP contribution in [0.15, 0.2) is 72.4 Å². The molecule has 49 heavy (non-hydrogen) atoms. The van der Waals surface area contributed by atoms with Crippen molar-refractivity contribution in [2.24, 2.45) is 11.3 Å². The number of esters is 1. The van der Waals surface area contributed by atoms with Gasteiger partial charge in [0.1, 0.15) is 11.0 Å². The van der Waals surface area contributed by atoms with E-state index in [-0.39, 0.29) is 45.1 Å². The number of ether oxygens (including phenoxy) is 4. The van der Waals surface area contributed by atoms with Crippen LogP contribution in [-0.4, -0.2) is 79.7 Å². The average Bonchev–Trinajstić information content (AvgIpc) is 3.32. The van der Waals surface area contributed by atoms with Crippen LogP contribution in [0, 0.1) is 11.3 Å². The number of hydrogen-bond donors (Lipinski definition) is 1. The smallest absolute Gasteiger partial charge is 0.410 e. The summed E-state index contributed by atoms with van der Waals surface area (Å²) in [5.74, 6) is -1.43. The molecule has 0 aliphatic carbocycles. The van der Waals surface area contributed by atoms with Crippen LogP contribution in [0.1, 0.15) is 45.2 Å². The van der Waals surface area contributed by atoms with Crippen LogP contribution in [0.2, 0.25) is 0 Å². The van der Waals surface area contributed by atoms with Gasteiger partial charge in [0.05, 0.1) is 26.7 Å². The Morgan fingerprint density at radius 2 is 1.71 bits per heavy atom. The van der Waals surface area contributed by atoms with Crippen molar-refractivity contribution >= 4 is 34.6 Å². The maximum Gasteiger partial charge on any atom is 0.410 e. The Morgan fingerprint density at radius 3 is 2.43 bits per heavy atom. The second-order valence-corrected chi connectivity index (χ2v) is 13.2. The van der Waals surface area contributed by atoms with E-state index >= 15 is 0 Å². The lowest BCUT2D eigenvalue weighted by atomic mass is 9.71. The molecule has 1 fully saturated rings. The first-order chi connectivity index (χ1) is 23.4. The molecule has 3 aromatic carbocycles. The summed E-state index contributed by atoms with van der Waals surface area (Å²) >= 11 is 0. The van der Waals surface area contributed by atoms with E-state index < -0.39 is 34.9 Å². The van der Waals surface area contributed by atoms with Crippen LogP contribution in [-0.2, 0) is 36.8 Å². The van der Waals surface area contributed by atoms with Crippen LogP contribution in [0.5, 0.6) is 11.5 Å². The molecule has 2 aliphatic heterocycles. The van der Waals surface area contributed by atoms with Crippen molar-refractivity contribution in [2.75, 3.05) is 40.5 Å². The summed E-state index contributed by atoms with van der Waals surface area (Å²) in [4.78, 5) is 58.5. The summed E-state index contributed by atoms with van der Waals surface area (Å²) in [5.41, 5.74) is -0.152. The number of fused-ring (bicyclic) bond motifs is 2. The molecule has 5 rings (SSSR count). The first-order valence-corrected chi connectivity index (χ1v) is 16.5. The molecular formula is C38H45N3O8. The van der Waals surface area contributed by atoms with Gasteiger partial charge in [-0.25, -0.2) is 4.79 Å². The molecule has 0 spiro atoms. The van der Waals surface area contributed by atoms with Gasteiger partial charge in [-0.1, -0.05) is 48.5 Å². The number of likely N-dealkylation sites (tertiary alicyclic amines) is 1. The predicted molar refractivity (Wildman–Crippen MR) is 184 cm³/mol. The number of nitrogens with one attached hydrogen (secondary N) is 1. The predicted octanol–water partition coefficient (Wildman–Crippen LogP) is 5.25. The molecule has 11 nitrogen and oxygen atoms in total. The highest BCUT2D eigenvalue weighted by Crippen LogP contribution is 2.51. The minimum Gasteiger partial charge on any atom is -0.493 e. The van der Waals surface area contributed by atoms with Gasteiger partial charge in [-0.05, 0) is 74.2 Å². The lowest BCUT2D eigenvalue weighted by molar-refractivity contribution is -0.158. The largest absolute Gasteiger partial charge is 0.493 e. The van der Waals surface area contributed by atoms with Crippen molar-refractivity contribution in [1.82, 2.24) is 15.1 Å². The molecule has 0 radical (unpaired) electrons. The quantitative estimate of drug-likeness (QED) is 0.275.